The van der Waals surface area contributed by atoms with Crippen molar-refractivity contribution in [3.05, 3.63) is 23.8 Å². The first-order chi connectivity index (χ1) is 22.2. The Hall–Kier alpha value is -1.26. The highest BCUT2D eigenvalue weighted by molar-refractivity contribution is 5.38. The summed E-state index contributed by atoms with van der Waals surface area (Å²) >= 11 is 0. The highest BCUT2D eigenvalue weighted by Gasteiger charge is 2.18. The van der Waals surface area contributed by atoms with Crippen LogP contribution in [-0.4, -0.2) is 49.5 Å². The lowest BCUT2D eigenvalue weighted by Crippen LogP contribution is -2.33. The van der Waals surface area contributed by atoms with Gasteiger partial charge in [0.2, 0.25) is 0 Å². The van der Waals surface area contributed by atoms with Crippen LogP contribution < -0.4 is 9.47 Å². The lowest BCUT2D eigenvalue weighted by Gasteiger charge is -2.29. The highest BCUT2D eigenvalue weighted by Crippen LogP contribution is 2.29. The van der Waals surface area contributed by atoms with Crippen molar-refractivity contribution in [3.8, 4) is 11.5 Å². The van der Waals surface area contributed by atoms with Gasteiger partial charge in [0.1, 0.15) is 18.1 Å². The molecular weight excluding hydrogens is 554 g/mol. The van der Waals surface area contributed by atoms with Crippen molar-refractivity contribution in [2.75, 3.05) is 39.5 Å². The summed E-state index contributed by atoms with van der Waals surface area (Å²) in [6.07, 6.45) is 35.1. The second kappa shape index (κ2) is 28.9. The minimum atomic E-state index is 0.218. The monoisotopic (exact) mass is 630 g/mol. The fourth-order valence-electron chi connectivity index (χ4n) is 6.63. The number of nitrogens with zero attached hydrogens (tertiary/aromatic N) is 1. The van der Waals surface area contributed by atoms with Gasteiger partial charge in [-0.1, -0.05) is 155 Å². The molecule has 1 aliphatic carbocycles. The van der Waals surface area contributed by atoms with Gasteiger partial charge in [0.15, 0.2) is 0 Å². The first kappa shape index (κ1) is 39.9. The van der Waals surface area contributed by atoms with E-state index >= 15 is 0 Å². The Morgan fingerprint density at radius 3 is 1.56 bits per heavy atom. The van der Waals surface area contributed by atoms with Gasteiger partial charge in [-0.15, -0.1) is 0 Å². The molecule has 2 rings (SSSR count). The minimum Gasteiger partial charge on any atom is -0.493 e. The highest BCUT2D eigenvalue weighted by atomic mass is 16.5. The van der Waals surface area contributed by atoms with E-state index in [1.165, 1.54) is 160 Å². The Morgan fingerprint density at radius 1 is 0.578 bits per heavy atom. The predicted octanol–water partition coefficient (Wildman–Crippen LogP) is 11.7. The van der Waals surface area contributed by atoms with E-state index in [-0.39, 0.29) is 6.61 Å². The van der Waals surface area contributed by atoms with Crippen molar-refractivity contribution in [2.24, 2.45) is 5.92 Å². The van der Waals surface area contributed by atoms with Gasteiger partial charge in [0.05, 0.1) is 13.2 Å². The first-order valence-electron chi connectivity index (χ1n) is 20.0. The Kier molecular flexibility index (Phi) is 25.7. The van der Waals surface area contributed by atoms with Crippen LogP contribution in [0.2, 0.25) is 0 Å². The zero-order valence-corrected chi connectivity index (χ0v) is 30.1. The van der Waals surface area contributed by atoms with Gasteiger partial charge in [-0.25, -0.2) is 0 Å². The Bertz CT molecular complexity index is 780. The van der Waals surface area contributed by atoms with Crippen LogP contribution in [0.1, 0.15) is 180 Å². The van der Waals surface area contributed by atoms with E-state index in [4.69, 9.17) is 9.47 Å². The van der Waals surface area contributed by atoms with Gasteiger partial charge < -0.3 is 14.6 Å². The van der Waals surface area contributed by atoms with Crippen molar-refractivity contribution in [2.45, 2.75) is 181 Å². The van der Waals surface area contributed by atoms with E-state index in [2.05, 4.69) is 36.9 Å². The van der Waals surface area contributed by atoms with E-state index in [1.54, 1.807) is 0 Å². The van der Waals surface area contributed by atoms with Gasteiger partial charge in [0.25, 0.3) is 0 Å². The summed E-state index contributed by atoms with van der Waals surface area (Å²) in [7, 11) is 0. The van der Waals surface area contributed by atoms with Gasteiger partial charge in [-0.2, -0.15) is 0 Å². The number of hydrogen-bond donors (Lipinski definition) is 1. The minimum absolute atomic E-state index is 0.218. The van der Waals surface area contributed by atoms with E-state index in [1.807, 2.05) is 0 Å². The number of aliphatic hydroxyl groups excluding tert-OH is 1. The lowest BCUT2D eigenvalue weighted by molar-refractivity contribution is 0.151. The Labute approximate surface area is 280 Å². The molecular formula is C41H75NO3. The molecule has 0 atom stereocenters. The summed E-state index contributed by atoms with van der Waals surface area (Å²) in [4.78, 5) is 2.37. The predicted molar refractivity (Wildman–Crippen MR) is 195 cm³/mol. The zero-order valence-electron chi connectivity index (χ0n) is 30.1. The molecule has 0 amide bonds. The van der Waals surface area contributed by atoms with Crippen LogP contribution >= 0.6 is 0 Å². The molecule has 0 unspecified atom stereocenters. The molecule has 1 aromatic rings. The average molecular weight is 630 g/mol. The number of benzene rings is 1. The molecule has 1 N–H and O–H groups in total. The van der Waals surface area contributed by atoms with Crippen LogP contribution in [0.25, 0.3) is 0 Å². The summed E-state index contributed by atoms with van der Waals surface area (Å²) in [5.74, 6) is 2.81. The van der Waals surface area contributed by atoms with Crippen molar-refractivity contribution in [1.82, 2.24) is 4.90 Å². The quantitative estimate of drug-likeness (QED) is 0.0785. The van der Waals surface area contributed by atoms with Gasteiger partial charge >= 0.3 is 0 Å². The van der Waals surface area contributed by atoms with Crippen LogP contribution in [0, 0.1) is 5.92 Å². The molecule has 45 heavy (non-hydrogen) atoms. The van der Waals surface area contributed by atoms with E-state index in [0.29, 0.717) is 6.61 Å². The molecule has 1 fully saturated rings. The second-order valence-corrected chi connectivity index (χ2v) is 14.1. The summed E-state index contributed by atoms with van der Waals surface area (Å²) in [6, 6.07) is 6.60. The van der Waals surface area contributed by atoms with Crippen LogP contribution in [0.15, 0.2) is 18.2 Å². The fraction of sp³-hybridized carbons (Fsp3) is 0.854. The molecule has 0 saturated heterocycles. The van der Waals surface area contributed by atoms with Crippen LogP contribution in [-0.2, 0) is 6.42 Å². The number of ether oxygens (including phenoxy) is 2. The summed E-state index contributed by atoms with van der Waals surface area (Å²) in [5, 5.41) is 9.57. The number of aliphatic hydroxyl groups is 1. The smallest absolute Gasteiger partial charge is 0.123 e. The number of hydrogen-bond acceptors (Lipinski definition) is 4. The molecule has 0 spiro atoms. The van der Waals surface area contributed by atoms with Gasteiger partial charge in [-0.05, 0) is 55.8 Å². The van der Waals surface area contributed by atoms with Gasteiger partial charge in [-0.3, -0.25) is 4.90 Å². The maximum Gasteiger partial charge on any atom is 0.123 e. The second-order valence-electron chi connectivity index (χ2n) is 14.1. The third-order valence-corrected chi connectivity index (χ3v) is 9.95. The maximum absolute atomic E-state index is 9.57. The van der Waals surface area contributed by atoms with E-state index in [0.717, 1.165) is 56.5 Å². The van der Waals surface area contributed by atoms with Crippen molar-refractivity contribution >= 4 is 0 Å². The lowest BCUT2D eigenvalue weighted by atomic mass is 9.83. The molecule has 0 bridgehead atoms. The molecule has 0 radical (unpaired) electrons. The number of unbranched alkanes of at least 4 members (excludes halogenated alkanes) is 19. The third kappa shape index (κ3) is 22.0. The Morgan fingerprint density at radius 2 is 1.07 bits per heavy atom. The van der Waals surface area contributed by atoms with E-state index in [9.17, 15) is 5.11 Å². The van der Waals surface area contributed by atoms with Crippen molar-refractivity contribution < 1.29 is 14.6 Å². The molecule has 0 aliphatic heterocycles. The van der Waals surface area contributed by atoms with Crippen molar-refractivity contribution in [3.63, 3.8) is 0 Å². The molecule has 0 heterocycles. The molecule has 4 heteroatoms. The average Bonchev–Trinajstić information content (AvgIpc) is 3.01. The maximum atomic E-state index is 9.57. The molecule has 262 valence electrons. The molecule has 1 saturated carbocycles. The molecule has 1 aliphatic rings. The van der Waals surface area contributed by atoms with Gasteiger partial charge in [0, 0.05) is 19.2 Å². The van der Waals surface area contributed by atoms with Crippen LogP contribution in [0.4, 0.5) is 0 Å². The molecule has 1 aromatic carbocycles. The standard InChI is InChI=1S/C41H75NO3/c1-3-5-7-9-11-13-14-15-16-17-18-20-22-25-39-35-40(44-33-23-21-19-12-10-8-6-4-2)37-41(36-39)45-34-31-42(30-32-43)29-28-38-26-24-27-38/h35-38,43H,3-34H2,1-2H3. The first-order valence-corrected chi connectivity index (χ1v) is 20.0. The summed E-state index contributed by atoms with van der Waals surface area (Å²) < 4.78 is 12.6. The normalized spacial score (nSPS) is 13.4. The SMILES string of the molecule is CCCCCCCCCCCCCCCc1cc(OCCCCCCCCCC)cc(OCCN(CCO)CCC2CCC2)c1. The van der Waals surface area contributed by atoms with E-state index < -0.39 is 0 Å². The molecule has 0 aromatic heterocycles. The largest absolute Gasteiger partial charge is 0.493 e. The fourth-order valence-corrected chi connectivity index (χ4v) is 6.63. The van der Waals surface area contributed by atoms with Crippen LogP contribution in [0.5, 0.6) is 11.5 Å². The molecule has 4 nitrogen and oxygen atoms in total. The Balaban J connectivity index is 1.72. The summed E-state index contributed by atoms with van der Waals surface area (Å²) in [6.45, 7) is 8.92. The zero-order chi connectivity index (χ0) is 32.0. The number of rotatable bonds is 33. The third-order valence-electron chi connectivity index (χ3n) is 9.95. The van der Waals surface area contributed by atoms with Crippen molar-refractivity contribution in [1.29, 1.82) is 0 Å². The summed E-state index contributed by atoms with van der Waals surface area (Å²) in [5.41, 5.74) is 1.35. The van der Waals surface area contributed by atoms with Crippen LogP contribution in [0.3, 0.4) is 0 Å². The topological polar surface area (TPSA) is 41.9 Å². The number of aryl methyl sites for hydroxylation is 1.